The highest BCUT2D eigenvalue weighted by atomic mass is 19.2. The fraction of sp³-hybridized carbons (Fsp3) is 0.348. The number of amides is 1. The van der Waals surface area contributed by atoms with Gasteiger partial charge in [-0.05, 0) is 68.0 Å². The van der Waals surface area contributed by atoms with Crippen molar-refractivity contribution >= 4 is 17.7 Å². The summed E-state index contributed by atoms with van der Waals surface area (Å²) >= 11 is 0. The van der Waals surface area contributed by atoms with E-state index in [1.165, 1.54) is 12.1 Å². The van der Waals surface area contributed by atoms with Crippen LogP contribution in [0, 0.1) is 17.6 Å². The van der Waals surface area contributed by atoms with E-state index in [2.05, 4.69) is 25.7 Å². The Morgan fingerprint density at radius 2 is 1.91 bits per heavy atom. The number of rotatable bonds is 5. The maximum Gasteiger partial charge on any atom is 0.416 e. The number of carbonyl (C=O) groups excluding carboxylic acids is 1. The molecule has 1 aromatic carbocycles. The summed E-state index contributed by atoms with van der Waals surface area (Å²) in [7, 11) is 0. The monoisotopic (exact) mass is 452 g/mol. The van der Waals surface area contributed by atoms with Crippen LogP contribution in [-0.2, 0) is 4.74 Å². The maximum atomic E-state index is 14.0. The molecule has 2 aliphatic rings. The number of ether oxygens (including phenoxy) is 1. The Morgan fingerprint density at radius 3 is 2.64 bits per heavy atom. The lowest BCUT2D eigenvalue weighted by Gasteiger charge is -2.35. The topological polar surface area (TPSA) is 93.1 Å². The van der Waals surface area contributed by atoms with Gasteiger partial charge < -0.3 is 10.1 Å². The van der Waals surface area contributed by atoms with Crippen LogP contribution < -0.4 is 10.2 Å². The fourth-order valence-electron chi connectivity index (χ4n) is 4.43. The van der Waals surface area contributed by atoms with Crippen LogP contribution in [0.25, 0.3) is 11.3 Å². The molecular weight excluding hydrogens is 430 g/mol. The van der Waals surface area contributed by atoms with E-state index in [1.54, 1.807) is 35.4 Å². The molecule has 3 aromatic rings. The first-order chi connectivity index (χ1) is 16.0. The van der Waals surface area contributed by atoms with Gasteiger partial charge in [0.05, 0.1) is 12.2 Å². The molecule has 0 bridgehead atoms. The molecule has 10 heteroatoms. The third kappa shape index (κ3) is 4.33. The van der Waals surface area contributed by atoms with Crippen LogP contribution in [0.3, 0.4) is 0 Å². The molecular formula is C23H22F2N6O2. The van der Waals surface area contributed by atoms with Crippen LogP contribution in [0.5, 0.6) is 0 Å². The van der Waals surface area contributed by atoms with Crippen molar-refractivity contribution in [2.45, 2.75) is 31.3 Å². The summed E-state index contributed by atoms with van der Waals surface area (Å²) in [5.74, 6) is -0.393. The molecule has 3 heterocycles. The highest BCUT2D eigenvalue weighted by Crippen LogP contribution is 2.40. The van der Waals surface area contributed by atoms with E-state index in [1.807, 2.05) is 0 Å². The molecule has 2 aromatic heterocycles. The van der Waals surface area contributed by atoms with Crippen molar-refractivity contribution in [1.29, 1.82) is 0 Å². The molecule has 170 valence electrons. The number of carbonyl (C=O) groups is 1. The van der Waals surface area contributed by atoms with Crippen LogP contribution in [0.4, 0.5) is 25.2 Å². The SMILES string of the molecule is O=C1O[C@]2(CC[C@H](CNc3ccc(-c4cccc(F)c4F)nn3)CC2)CN1c1cccnn1. The number of hydrogen-bond acceptors (Lipinski definition) is 7. The summed E-state index contributed by atoms with van der Waals surface area (Å²) in [4.78, 5) is 13.9. The first-order valence-corrected chi connectivity index (χ1v) is 10.8. The highest BCUT2D eigenvalue weighted by Gasteiger charge is 2.48. The van der Waals surface area contributed by atoms with Crippen LogP contribution in [0.2, 0.25) is 0 Å². The molecule has 1 saturated carbocycles. The zero-order chi connectivity index (χ0) is 22.8. The number of nitrogens with one attached hydrogen (secondary N) is 1. The molecule has 2 fully saturated rings. The first kappa shape index (κ1) is 21.2. The van der Waals surface area contributed by atoms with Gasteiger partial charge in [0.15, 0.2) is 17.5 Å². The molecule has 1 N–H and O–H groups in total. The lowest BCUT2D eigenvalue weighted by molar-refractivity contribution is 0.0148. The Morgan fingerprint density at radius 1 is 1.06 bits per heavy atom. The molecule has 5 rings (SSSR count). The van der Waals surface area contributed by atoms with Gasteiger partial charge in [-0.2, -0.15) is 5.10 Å². The summed E-state index contributed by atoms with van der Waals surface area (Å²) < 4.78 is 33.1. The predicted molar refractivity (Wildman–Crippen MR) is 116 cm³/mol. The number of hydrogen-bond donors (Lipinski definition) is 1. The molecule has 1 aliphatic carbocycles. The Balaban J connectivity index is 1.15. The van der Waals surface area contributed by atoms with E-state index in [-0.39, 0.29) is 17.4 Å². The van der Waals surface area contributed by atoms with Gasteiger partial charge in [-0.3, -0.25) is 4.90 Å². The minimum atomic E-state index is -0.936. The Labute approximate surface area is 189 Å². The lowest BCUT2D eigenvalue weighted by atomic mass is 9.78. The van der Waals surface area contributed by atoms with Gasteiger partial charge in [-0.1, -0.05) is 6.07 Å². The molecule has 8 nitrogen and oxygen atoms in total. The Bertz CT molecular complexity index is 1140. The van der Waals surface area contributed by atoms with Crippen LogP contribution in [0.15, 0.2) is 48.7 Å². The van der Waals surface area contributed by atoms with Gasteiger partial charge in [-0.25, -0.2) is 13.6 Å². The zero-order valence-corrected chi connectivity index (χ0v) is 17.7. The van der Waals surface area contributed by atoms with Gasteiger partial charge in [0.2, 0.25) is 0 Å². The first-order valence-electron chi connectivity index (χ1n) is 10.8. The van der Waals surface area contributed by atoms with Crippen molar-refractivity contribution in [1.82, 2.24) is 20.4 Å². The Hall–Kier alpha value is -3.69. The van der Waals surface area contributed by atoms with Crippen LogP contribution in [0.1, 0.15) is 25.7 Å². The number of anilines is 2. The van der Waals surface area contributed by atoms with Gasteiger partial charge in [-0.15, -0.1) is 15.3 Å². The van der Waals surface area contributed by atoms with Crippen LogP contribution >= 0.6 is 0 Å². The lowest BCUT2D eigenvalue weighted by Crippen LogP contribution is -2.39. The summed E-state index contributed by atoms with van der Waals surface area (Å²) in [5.41, 5.74) is -0.136. The van der Waals surface area contributed by atoms with E-state index in [0.29, 0.717) is 30.6 Å². The smallest absolute Gasteiger partial charge is 0.416 e. The van der Waals surface area contributed by atoms with Crippen molar-refractivity contribution in [3.05, 3.63) is 60.3 Å². The number of aromatic nitrogens is 4. The summed E-state index contributed by atoms with van der Waals surface area (Å²) in [6.45, 7) is 1.18. The average molecular weight is 452 g/mol. The molecule has 1 amide bonds. The second-order valence-corrected chi connectivity index (χ2v) is 8.45. The quantitative estimate of drug-likeness (QED) is 0.620. The minimum Gasteiger partial charge on any atom is -0.441 e. The maximum absolute atomic E-state index is 14.0. The zero-order valence-electron chi connectivity index (χ0n) is 17.7. The molecule has 1 spiro atoms. The summed E-state index contributed by atoms with van der Waals surface area (Å²) in [6.07, 6.45) is 4.52. The van der Waals surface area contributed by atoms with Crippen molar-refractivity contribution in [3.8, 4) is 11.3 Å². The van der Waals surface area contributed by atoms with E-state index < -0.39 is 17.2 Å². The van der Waals surface area contributed by atoms with Crippen molar-refractivity contribution in [3.63, 3.8) is 0 Å². The third-order valence-corrected chi connectivity index (χ3v) is 6.29. The summed E-state index contributed by atoms with van der Waals surface area (Å²) in [6, 6.07) is 10.8. The second-order valence-electron chi connectivity index (χ2n) is 8.45. The molecule has 1 aliphatic heterocycles. The summed E-state index contributed by atoms with van der Waals surface area (Å²) in [5, 5.41) is 19.2. The minimum absolute atomic E-state index is 0.0771. The number of benzene rings is 1. The van der Waals surface area contributed by atoms with Gasteiger partial charge in [0.1, 0.15) is 11.4 Å². The fourth-order valence-corrected chi connectivity index (χ4v) is 4.43. The standard InChI is InChI=1S/C23H22F2N6O2/c24-17-4-1-3-16(21(17)25)18-6-7-19(29-28-18)26-13-15-8-10-23(11-9-15)14-31(22(32)33-23)20-5-2-12-27-30-20/h1-7,12,15H,8-11,13-14H2,(H,26,29)/t15-,23-. The van der Waals surface area contributed by atoms with Gasteiger partial charge in [0.25, 0.3) is 0 Å². The van der Waals surface area contributed by atoms with Crippen molar-refractivity contribution in [2.75, 3.05) is 23.3 Å². The van der Waals surface area contributed by atoms with Gasteiger partial charge in [0, 0.05) is 18.3 Å². The second kappa shape index (κ2) is 8.68. The third-order valence-electron chi connectivity index (χ3n) is 6.29. The van der Waals surface area contributed by atoms with E-state index in [0.717, 1.165) is 31.7 Å². The largest absolute Gasteiger partial charge is 0.441 e. The molecule has 0 unspecified atom stereocenters. The molecule has 33 heavy (non-hydrogen) atoms. The molecule has 1 saturated heterocycles. The van der Waals surface area contributed by atoms with E-state index in [9.17, 15) is 13.6 Å². The molecule has 0 radical (unpaired) electrons. The van der Waals surface area contributed by atoms with Crippen molar-refractivity contribution < 1.29 is 18.3 Å². The number of halogens is 2. The average Bonchev–Trinajstić information content (AvgIpc) is 3.17. The van der Waals surface area contributed by atoms with E-state index in [4.69, 9.17) is 4.74 Å². The molecule has 0 atom stereocenters. The Kier molecular flexibility index (Phi) is 5.57. The normalized spacial score (nSPS) is 22.4. The predicted octanol–water partition coefficient (Wildman–Crippen LogP) is 4.21. The number of nitrogens with zero attached hydrogens (tertiary/aromatic N) is 5. The van der Waals surface area contributed by atoms with Crippen molar-refractivity contribution in [2.24, 2.45) is 5.92 Å². The van der Waals surface area contributed by atoms with E-state index >= 15 is 0 Å². The highest BCUT2D eigenvalue weighted by molar-refractivity contribution is 5.89. The van der Waals surface area contributed by atoms with Gasteiger partial charge >= 0.3 is 6.09 Å². The van der Waals surface area contributed by atoms with Crippen LogP contribution in [-0.4, -0.2) is 45.2 Å².